The Kier molecular flexibility index (Phi) is 23.2. The number of carboxylic acid groups (broad SMARTS) is 1. The Labute approximate surface area is 236 Å². The van der Waals surface area contributed by atoms with E-state index in [1.807, 2.05) is 0 Å². The molecule has 11 heteroatoms. The van der Waals surface area contributed by atoms with Crippen LogP contribution in [0.25, 0.3) is 0 Å². The summed E-state index contributed by atoms with van der Waals surface area (Å²) in [5.74, 6) is -0.673. The molecule has 2 N–H and O–H groups in total. The van der Waals surface area contributed by atoms with E-state index in [1.54, 1.807) is 0 Å². The number of thioether (sulfide) groups is 1. The number of alkyl carbamates (subject to hydrolysis) is 1. The lowest BCUT2D eigenvalue weighted by Crippen LogP contribution is -2.43. The first-order valence-corrected chi connectivity index (χ1v) is 15.4. The molecule has 0 radical (unpaired) electrons. The topological polar surface area (TPSA) is 102 Å². The van der Waals surface area contributed by atoms with E-state index < -0.39 is 28.5 Å². The molecule has 0 unspecified atom stereocenters. The van der Waals surface area contributed by atoms with E-state index >= 15 is 0 Å². The van der Waals surface area contributed by atoms with Crippen molar-refractivity contribution in [2.75, 3.05) is 24.7 Å². The van der Waals surface area contributed by atoms with Crippen molar-refractivity contribution in [3.63, 3.8) is 0 Å². The first-order chi connectivity index (χ1) is 17.2. The summed E-state index contributed by atoms with van der Waals surface area (Å²) >= 11 is 17.8. The highest BCUT2D eigenvalue weighted by Crippen LogP contribution is 2.25. The van der Waals surface area contributed by atoms with Crippen LogP contribution in [0.15, 0.2) is 0 Å². The molecule has 0 spiro atoms. The van der Waals surface area contributed by atoms with Gasteiger partial charge < -0.3 is 19.9 Å². The number of rotatable bonds is 23. The van der Waals surface area contributed by atoms with E-state index in [9.17, 15) is 19.5 Å². The molecule has 36 heavy (non-hydrogen) atoms. The van der Waals surface area contributed by atoms with Gasteiger partial charge in [0.05, 0.1) is 6.61 Å². The van der Waals surface area contributed by atoms with E-state index in [0.29, 0.717) is 25.2 Å². The third-order valence-electron chi connectivity index (χ3n) is 5.42. The molecule has 0 bridgehead atoms. The van der Waals surface area contributed by atoms with Gasteiger partial charge in [0, 0.05) is 12.2 Å². The Morgan fingerprint density at radius 2 is 1.36 bits per heavy atom. The number of aliphatic carboxylic acids is 1. The fraction of sp³-hybridized carbons (Fsp3) is 0.880. The van der Waals surface area contributed by atoms with Crippen molar-refractivity contribution in [2.45, 2.75) is 113 Å². The summed E-state index contributed by atoms with van der Waals surface area (Å²) in [5, 5.41) is 11.4. The van der Waals surface area contributed by atoms with Crippen LogP contribution >= 0.6 is 46.6 Å². The Morgan fingerprint density at radius 3 is 1.86 bits per heavy atom. The van der Waals surface area contributed by atoms with Gasteiger partial charge in [0.25, 0.3) is 0 Å². The number of ether oxygens (including phenoxy) is 2. The van der Waals surface area contributed by atoms with Gasteiger partial charge >= 0.3 is 18.0 Å². The van der Waals surface area contributed by atoms with Crippen LogP contribution in [0.5, 0.6) is 0 Å². The number of hydrogen-bond donors (Lipinski definition) is 2. The van der Waals surface area contributed by atoms with Crippen LogP contribution in [0, 0.1) is 0 Å². The number of carbonyl (C=O) groups is 3. The van der Waals surface area contributed by atoms with Crippen LogP contribution < -0.4 is 5.32 Å². The Hall–Kier alpha value is -0.570. The molecule has 0 aromatic carbocycles. The molecule has 0 aromatic heterocycles. The molecule has 0 aliphatic carbocycles. The predicted molar refractivity (Wildman–Crippen MR) is 149 cm³/mol. The van der Waals surface area contributed by atoms with Crippen molar-refractivity contribution in [1.82, 2.24) is 5.32 Å². The maximum atomic E-state index is 11.8. The maximum Gasteiger partial charge on any atom is 0.408 e. The van der Waals surface area contributed by atoms with E-state index in [-0.39, 0.29) is 11.7 Å². The number of hydrogen-bond acceptors (Lipinski definition) is 6. The van der Waals surface area contributed by atoms with Crippen LogP contribution in [0.3, 0.4) is 0 Å². The first kappa shape index (κ1) is 35.4. The van der Waals surface area contributed by atoms with Crippen LogP contribution in [-0.2, 0) is 19.1 Å². The molecule has 0 aromatic rings. The smallest absolute Gasteiger partial charge is 0.408 e. The quantitative estimate of drug-likeness (QED) is 0.0712. The molecule has 1 atom stereocenters. The van der Waals surface area contributed by atoms with Gasteiger partial charge in [-0.05, 0) is 18.6 Å². The highest BCUT2D eigenvalue weighted by Gasteiger charge is 2.25. The number of nitrogens with one attached hydrogen (secondary N) is 1. The van der Waals surface area contributed by atoms with Crippen molar-refractivity contribution in [1.29, 1.82) is 0 Å². The molecule has 0 saturated carbocycles. The normalized spacial score (nSPS) is 12.2. The van der Waals surface area contributed by atoms with E-state index in [1.165, 1.54) is 76.0 Å². The lowest BCUT2D eigenvalue weighted by Gasteiger charge is -2.16. The summed E-state index contributed by atoms with van der Waals surface area (Å²) in [6.45, 7) is 2.05. The molecule has 1 amide bonds. The molecule has 0 saturated heterocycles. The Morgan fingerprint density at radius 1 is 0.833 bits per heavy atom. The third kappa shape index (κ3) is 25.1. The summed E-state index contributed by atoms with van der Waals surface area (Å²) in [6, 6.07) is -1.14. The average Bonchev–Trinajstić information content (AvgIpc) is 2.81. The van der Waals surface area contributed by atoms with Crippen molar-refractivity contribution < 1.29 is 29.0 Å². The highest BCUT2D eigenvalue weighted by atomic mass is 35.6. The van der Waals surface area contributed by atoms with Crippen LogP contribution in [-0.4, -0.2) is 57.7 Å². The molecule has 0 aliphatic rings. The number of alkyl halides is 3. The minimum absolute atomic E-state index is 0.130. The number of carbonyl (C=O) groups excluding carboxylic acids is 2. The fourth-order valence-electron chi connectivity index (χ4n) is 3.41. The lowest BCUT2D eigenvalue weighted by molar-refractivity contribution is -0.143. The van der Waals surface area contributed by atoms with Gasteiger partial charge in [0.1, 0.15) is 12.6 Å². The van der Waals surface area contributed by atoms with Gasteiger partial charge in [-0.1, -0.05) is 119 Å². The first-order valence-electron chi connectivity index (χ1n) is 13.1. The maximum absolute atomic E-state index is 11.8. The van der Waals surface area contributed by atoms with Gasteiger partial charge in [-0.15, -0.1) is 0 Å². The van der Waals surface area contributed by atoms with Gasteiger partial charge in [0.15, 0.2) is 0 Å². The second kappa shape index (κ2) is 23.5. The zero-order valence-electron chi connectivity index (χ0n) is 21.5. The second-order valence-corrected chi connectivity index (χ2v) is 12.5. The largest absolute Gasteiger partial charge is 0.480 e. The molecule has 0 fully saturated rings. The van der Waals surface area contributed by atoms with Gasteiger partial charge in [0.2, 0.25) is 3.79 Å². The predicted octanol–water partition coefficient (Wildman–Crippen LogP) is 7.68. The lowest BCUT2D eigenvalue weighted by atomic mass is 10.0. The van der Waals surface area contributed by atoms with Crippen molar-refractivity contribution in [3.8, 4) is 0 Å². The number of halogens is 3. The highest BCUT2D eigenvalue weighted by molar-refractivity contribution is 7.99. The second-order valence-electron chi connectivity index (χ2n) is 8.87. The number of amides is 1. The minimum atomic E-state index is -1.77. The number of esters is 1. The summed E-state index contributed by atoms with van der Waals surface area (Å²) in [6.07, 6.45) is 16.5. The van der Waals surface area contributed by atoms with Gasteiger partial charge in [-0.3, -0.25) is 4.79 Å². The molecular weight excluding hydrogens is 549 g/mol. The minimum Gasteiger partial charge on any atom is -0.480 e. The van der Waals surface area contributed by atoms with Crippen molar-refractivity contribution in [2.24, 2.45) is 0 Å². The van der Waals surface area contributed by atoms with Crippen molar-refractivity contribution >= 4 is 64.6 Å². The number of carboxylic acids is 1. The van der Waals surface area contributed by atoms with Crippen LogP contribution in [0.1, 0.15) is 103 Å². The van der Waals surface area contributed by atoms with E-state index in [2.05, 4.69) is 17.0 Å². The average molecular weight is 593 g/mol. The SMILES string of the molecule is CCCCCCCCCCCCCCCC(=O)OCCCSC[C@H](NC(=O)OCC(Cl)(Cl)Cl)C(=O)O. The van der Waals surface area contributed by atoms with Gasteiger partial charge in [-0.25, -0.2) is 9.59 Å². The molecule has 0 heterocycles. The summed E-state index contributed by atoms with van der Waals surface area (Å²) in [4.78, 5) is 34.7. The molecule has 7 nitrogen and oxygen atoms in total. The Balaban J connectivity index is 3.60. The van der Waals surface area contributed by atoms with Crippen LogP contribution in [0.4, 0.5) is 4.79 Å². The Bertz CT molecular complexity index is 593. The van der Waals surface area contributed by atoms with Gasteiger partial charge in [-0.2, -0.15) is 11.8 Å². The van der Waals surface area contributed by atoms with E-state index in [0.717, 1.165) is 19.3 Å². The zero-order valence-corrected chi connectivity index (χ0v) is 24.6. The monoisotopic (exact) mass is 591 g/mol. The van der Waals surface area contributed by atoms with Crippen molar-refractivity contribution in [3.05, 3.63) is 0 Å². The standard InChI is InChI=1S/C25H44Cl3NO6S/c1-2-3-4-5-6-7-8-9-10-11-12-13-14-16-22(30)34-17-15-18-36-19-21(23(31)32)29-24(33)35-20-25(26,27)28/h21H,2-20H2,1H3,(H,29,33)(H,31,32)/t21-/m0/s1. The molecule has 212 valence electrons. The molecule has 0 aliphatic heterocycles. The summed E-state index contributed by atoms with van der Waals surface area (Å²) in [5.41, 5.74) is 0. The molecular formula is C25H44Cl3NO6S. The summed E-state index contributed by atoms with van der Waals surface area (Å²) < 4.78 is 8.14. The molecule has 0 rings (SSSR count). The third-order valence-corrected chi connectivity index (χ3v) is 6.90. The van der Waals surface area contributed by atoms with Crippen LogP contribution in [0.2, 0.25) is 0 Å². The fourth-order valence-corrected chi connectivity index (χ4v) is 4.53. The number of unbranched alkanes of at least 4 members (excludes halogenated alkanes) is 12. The zero-order chi connectivity index (χ0) is 27.1. The van der Waals surface area contributed by atoms with E-state index in [4.69, 9.17) is 39.5 Å². The summed E-state index contributed by atoms with van der Waals surface area (Å²) in [7, 11) is 0.